The molecule has 2 heterocycles. The second-order valence-electron chi connectivity index (χ2n) is 9.95. The first-order chi connectivity index (χ1) is 17.2. The molecule has 2 aromatic rings. The highest BCUT2D eigenvalue weighted by molar-refractivity contribution is 7.89. The monoisotopic (exact) mass is 516 g/mol. The van der Waals surface area contributed by atoms with Crippen molar-refractivity contribution in [1.82, 2.24) is 19.5 Å². The van der Waals surface area contributed by atoms with Crippen LogP contribution in [0.2, 0.25) is 0 Å². The average molecular weight is 517 g/mol. The van der Waals surface area contributed by atoms with Gasteiger partial charge < -0.3 is 20.1 Å². The minimum Gasteiger partial charge on any atom is -0.487 e. The van der Waals surface area contributed by atoms with Gasteiger partial charge in [0.15, 0.2) is 0 Å². The van der Waals surface area contributed by atoms with Gasteiger partial charge in [-0.1, -0.05) is 31.9 Å². The van der Waals surface area contributed by atoms with Gasteiger partial charge in [0.2, 0.25) is 10.0 Å². The molecule has 1 saturated carbocycles. The van der Waals surface area contributed by atoms with Crippen LogP contribution in [0.15, 0.2) is 47.6 Å². The van der Waals surface area contributed by atoms with Crippen LogP contribution in [-0.4, -0.2) is 78.7 Å². The van der Waals surface area contributed by atoms with Gasteiger partial charge in [-0.3, -0.25) is 4.98 Å². The fourth-order valence-corrected chi connectivity index (χ4v) is 6.69. The van der Waals surface area contributed by atoms with Crippen LogP contribution in [0.4, 0.5) is 4.79 Å². The van der Waals surface area contributed by atoms with E-state index in [2.05, 4.69) is 10.3 Å². The lowest BCUT2D eigenvalue weighted by Crippen LogP contribution is -2.51. The Labute approximate surface area is 213 Å². The maximum Gasteiger partial charge on any atom is 0.317 e. The highest BCUT2D eigenvalue weighted by atomic mass is 32.2. The molecule has 1 aromatic heterocycles. The van der Waals surface area contributed by atoms with E-state index in [-0.39, 0.29) is 48.3 Å². The van der Waals surface area contributed by atoms with E-state index in [1.807, 2.05) is 19.1 Å². The maximum atomic E-state index is 13.6. The molecule has 0 saturated heterocycles. The molecule has 1 aliphatic carbocycles. The van der Waals surface area contributed by atoms with Crippen LogP contribution in [0, 0.1) is 5.92 Å². The number of urea groups is 1. The highest BCUT2D eigenvalue weighted by Crippen LogP contribution is 2.36. The third kappa shape index (κ3) is 5.66. The molecule has 10 heteroatoms. The van der Waals surface area contributed by atoms with Crippen LogP contribution in [-0.2, 0) is 10.0 Å². The normalized spacial score (nSPS) is 23.1. The number of aromatic nitrogens is 1. The Bertz CT molecular complexity index is 1150. The fraction of sp³-hybridized carbons (Fsp3) is 0.538. The zero-order chi connectivity index (χ0) is 25.9. The Morgan fingerprint density at radius 3 is 2.69 bits per heavy atom. The summed E-state index contributed by atoms with van der Waals surface area (Å²) in [6.07, 6.45) is 7.16. The zero-order valence-electron chi connectivity index (χ0n) is 21.1. The first kappa shape index (κ1) is 26.4. The molecule has 1 aliphatic heterocycles. The molecule has 36 heavy (non-hydrogen) atoms. The van der Waals surface area contributed by atoms with Gasteiger partial charge in [0, 0.05) is 49.6 Å². The molecule has 3 atom stereocenters. The van der Waals surface area contributed by atoms with Crippen molar-refractivity contribution < 1.29 is 23.1 Å². The molecule has 196 valence electrons. The summed E-state index contributed by atoms with van der Waals surface area (Å²) >= 11 is 0. The summed E-state index contributed by atoms with van der Waals surface area (Å²) in [6.45, 7) is 3.75. The Morgan fingerprint density at radius 2 is 2.03 bits per heavy atom. The molecule has 0 spiro atoms. The van der Waals surface area contributed by atoms with E-state index in [0.717, 1.165) is 36.8 Å². The predicted molar refractivity (Wildman–Crippen MR) is 137 cm³/mol. The molecule has 0 unspecified atom stereocenters. The van der Waals surface area contributed by atoms with E-state index in [1.54, 1.807) is 49.5 Å². The van der Waals surface area contributed by atoms with Gasteiger partial charge in [-0.05, 0) is 43.5 Å². The molecular formula is C26H36N4O5S. The van der Waals surface area contributed by atoms with Crippen LogP contribution >= 0.6 is 0 Å². The molecule has 2 aliphatic rings. The number of ether oxygens (including phenoxy) is 1. The van der Waals surface area contributed by atoms with Crippen molar-refractivity contribution in [3.05, 3.63) is 42.7 Å². The van der Waals surface area contributed by atoms with Crippen molar-refractivity contribution in [3.63, 3.8) is 0 Å². The number of nitrogens with zero attached hydrogens (tertiary/aromatic N) is 3. The standard InChI is InChI=1S/C26H36N4O5S/c1-18-15-30(19(2)17-31)36(33,34)25-11-10-20(21-7-6-12-27-14-21)13-23(25)35-24(18)16-29(3)26(32)28-22-8-4-5-9-22/h6-7,10-14,18-19,22,24,31H,4-5,8-9,15-17H2,1-3H3,(H,28,32)/t18-,19+,24-/m1/s1. The molecule has 2 N–H and O–H groups in total. The molecule has 9 nitrogen and oxygen atoms in total. The number of rotatable bonds is 6. The Kier molecular flexibility index (Phi) is 8.17. The number of benzene rings is 1. The number of pyridine rings is 1. The van der Waals surface area contributed by atoms with Gasteiger partial charge in [0.05, 0.1) is 13.2 Å². The number of hydrogen-bond acceptors (Lipinski definition) is 6. The van der Waals surface area contributed by atoms with Crippen molar-refractivity contribution in [2.24, 2.45) is 5.92 Å². The van der Waals surface area contributed by atoms with E-state index in [1.165, 1.54) is 4.31 Å². The minimum absolute atomic E-state index is 0.0467. The summed E-state index contributed by atoms with van der Waals surface area (Å²) in [5.74, 6) is -0.0154. The topological polar surface area (TPSA) is 112 Å². The molecule has 2 amide bonds. The van der Waals surface area contributed by atoms with Crippen molar-refractivity contribution in [1.29, 1.82) is 0 Å². The van der Waals surface area contributed by atoms with E-state index in [0.29, 0.717) is 0 Å². The van der Waals surface area contributed by atoms with Crippen molar-refractivity contribution in [3.8, 4) is 16.9 Å². The third-order valence-electron chi connectivity index (χ3n) is 7.15. The van der Waals surface area contributed by atoms with E-state index in [9.17, 15) is 18.3 Å². The van der Waals surface area contributed by atoms with Gasteiger partial charge >= 0.3 is 6.03 Å². The lowest BCUT2D eigenvalue weighted by Gasteiger charge is -2.37. The van der Waals surface area contributed by atoms with Gasteiger partial charge in [-0.2, -0.15) is 4.31 Å². The minimum atomic E-state index is -3.93. The summed E-state index contributed by atoms with van der Waals surface area (Å²) in [5.41, 5.74) is 1.61. The number of nitrogens with one attached hydrogen (secondary N) is 1. The van der Waals surface area contributed by atoms with Gasteiger partial charge in [0.25, 0.3) is 0 Å². The van der Waals surface area contributed by atoms with Crippen molar-refractivity contribution in [2.75, 3.05) is 26.7 Å². The largest absolute Gasteiger partial charge is 0.487 e. The quantitative estimate of drug-likeness (QED) is 0.610. The van der Waals surface area contributed by atoms with Gasteiger partial charge in [0.1, 0.15) is 16.7 Å². The number of likely N-dealkylation sites (N-methyl/N-ethyl adjacent to an activating group) is 1. The lowest BCUT2D eigenvalue weighted by atomic mass is 10.0. The number of carbonyl (C=O) groups excluding carboxylic acids is 1. The summed E-state index contributed by atoms with van der Waals surface area (Å²) in [4.78, 5) is 18.7. The molecule has 0 radical (unpaired) electrons. The van der Waals surface area contributed by atoms with Crippen molar-refractivity contribution >= 4 is 16.1 Å². The van der Waals surface area contributed by atoms with Crippen LogP contribution < -0.4 is 10.1 Å². The number of amides is 2. The smallest absolute Gasteiger partial charge is 0.317 e. The SMILES string of the molecule is C[C@@H]1CN([C@@H](C)CO)S(=O)(=O)c2ccc(-c3cccnc3)cc2O[C@@H]1CN(C)C(=O)NC1CCCC1. The fourth-order valence-electron chi connectivity index (χ4n) is 4.86. The Morgan fingerprint density at radius 1 is 1.28 bits per heavy atom. The number of fused-ring (bicyclic) bond motifs is 1. The van der Waals surface area contributed by atoms with E-state index < -0.39 is 22.2 Å². The highest BCUT2D eigenvalue weighted by Gasteiger charge is 2.38. The molecular weight excluding hydrogens is 480 g/mol. The van der Waals surface area contributed by atoms with E-state index >= 15 is 0 Å². The number of sulfonamides is 1. The molecule has 0 bridgehead atoms. The maximum absolute atomic E-state index is 13.6. The molecule has 1 aromatic carbocycles. The van der Waals surface area contributed by atoms with Gasteiger partial charge in [-0.25, -0.2) is 13.2 Å². The van der Waals surface area contributed by atoms with Crippen molar-refractivity contribution in [2.45, 2.75) is 62.6 Å². The second kappa shape index (κ2) is 11.1. The van der Waals surface area contributed by atoms with Crippen LogP contribution in [0.3, 0.4) is 0 Å². The molecule has 1 fully saturated rings. The molecule has 4 rings (SSSR count). The van der Waals surface area contributed by atoms with E-state index in [4.69, 9.17) is 4.74 Å². The number of hydrogen-bond donors (Lipinski definition) is 2. The first-order valence-corrected chi connectivity index (χ1v) is 14.0. The number of carbonyl (C=O) groups is 1. The first-order valence-electron chi connectivity index (χ1n) is 12.6. The Balaban J connectivity index is 1.68. The van der Waals surface area contributed by atoms with Crippen LogP contribution in [0.25, 0.3) is 11.1 Å². The van der Waals surface area contributed by atoms with Crippen LogP contribution in [0.5, 0.6) is 5.75 Å². The summed E-state index contributed by atoms with van der Waals surface area (Å²) < 4.78 is 35.0. The predicted octanol–water partition coefficient (Wildman–Crippen LogP) is 3.10. The summed E-state index contributed by atoms with van der Waals surface area (Å²) in [7, 11) is -2.20. The zero-order valence-corrected chi connectivity index (χ0v) is 21.9. The lowest BCUT2D eigenvalue weighted by molar-refractivity contribution is 0.0809. The summed E-state index contributed by atoms with van der Waals surface area (Å²) in [6, 6.07) is 8.15. The van der Waals surface area contributed by atoms with Crippen LogP contribution in [0.1, 0.15) is 39.5 Å². The Hall–Kier alpha value is -2.69. The second-order valence-corrected chi connectivity index (χ2v) is 11.8. The average Bonchev–Trinajstić information content (AvgIpc) is 3.39. The van der Waals surface area contributed by atoms with Gasteiger partial charge in [-0.15, -0.1) is 0 Å². The summed E-state index contributed by atoms with van der Waals surface area (Å²) in [5, 5.41) is 12.9. The number of aliphatic hydroxyl groups excluding tert-OH is 1. The number of aliphatic hydroxyl groups is 1. The third-order valence-corrected chi connectivity index (χ3v) is 9.16.